The standard InChI is InChI=1S/C15H18O/c1-10-8-13-9-12(11-4-2-3-5-11)6-7-14(13)15(10)16/h6-7,9-11H,2-5,8H2,1H3. The number of carbonyl (C=O) groups excluding carboxylic acids is 1. The van der Waals surface area contributed by atoms with E-state index in [1.807, 2.05) is 6.92 Å². The van der Waals surface area contributed by atoms with Gasteiger partial charge in [-0.15, -0.1) is 0 Å². The van der Waals surface area contributed by atoms with Crippen molar-refractivity contribution in [3.05, 3.63) is 34.9 Å². The van der Waals surface area contributed by atoms with Crippen molar-refractivity contribution in [2.24, 2.45) is 5.92 Å². The van der Waals surface area contributed by atoms with E-state index in [1.165, 1.54) is 36.8 Å². The largest absolute Gasteiger partial charge is 0.294 e. The number of carbonyl (C=O) groups is 1. The van der Waals surface area contributed by atoms with Crippen molar-refractivity contribution < 1.29 is 4.79 Å². The maximum absolute atomic E-state index is 11.8. The summed E-state index contributed by atoms with van der Waals surface area (Å²) in [4.78, 5) is 11.8. The fourth-order valence-corrected chi connectivity index (χ4v) is 3.22. The number of hydrogen-bond acceptors (Lipinski definition) is 1. The van der Waals surface area contributed by atoms with E-state index in [9.17, 15) is 4.79 Å². The van der Waals surface area contributed by atoms with Gasteiger partial charge >= 0.3 is 0 Å². The molecule has 1 aromatic carbocycles. The first-order valence-corrected chi connectivity index (χ1v) is 6.43. The number of hydrogen-bond donors (Lipinski definition) is 0. The Kier molecular flexibility index (Phi) is 2.34. The summed E-state index contributed by atoms with van der Waals surface area (Å²) in [5, 5.41) is 0. The summed E-state index contributed by atoms with van der Waals surface area (Å²) in [7, 11) is 0. The molecule has 84 valence electrons. The Morgan fingerprint density at radius 3 is 2.69 bits per heavy atom. The molecule has 0 bridgehead atoms. The van der Waals surface area contributed by atoms with Crippen LogP contribution in [0.25, 0.3) is 0 Å². The van der Waals surface area contributed by atoms with E-state index in [1.54, 1.807) is 0 Å². The van der Waals surface area contributed by atoms with Gasteiger partial charge in [-0.25, -0.2) is 0 Å². The molecule has 0 heterocycles. The first-order chi connectivity index (χ1) is 7.75. The first-order valence-electron chi connectivity index (χ1n) is 6.43. The molecule has 0 aromatic heterocycles. The lowest BCUT2D eigenvalue weighted by Crippen LogP contribution is -2.02. The van der Waals surface area contributed by atoms with Gasteiger partial charge in [-0.1, -0.05) is 38.0 Å². The third-order valence-corrected chi connectivity index (χ3v) is 4.20. The molecule has 1 aromatic rings. The van der Waals surface area contributed by atoms with Gasteiger partial charge in [-0.05, 0) is 36.3 Å². The fraction of sp³-hybridized carbons (Fsp3) is 0.533. The van der Waals surface area contributed by atoms with Crippen LogP contribution in [0.15, 0.2) is 18.2 Å². The molecule has 0 amide bonds. The molecule has 3 rings (SSSR count). The lowest BCUT2D eigenvalue weighted by atomic mass is 9.94. The Hall–Kier alpha value is -1.11. The topological polar surface area (TPSA) is 17.1 Å². The van der Waals surface area contributed by atoms with E-state index in [-0.39, 0.29) is 5.92 Å². The summed E-state index contributed by atoms with van der Waals surface area (Å²) in [6, 6.07) is 6.55. The number of fused-ring (bicyclic) bond motifs is 1. The van der Waals surface area contributed by atoms with Gasteiger partial charge in [0.1, 0.15) is 0 Å². The molecule has 1 heteroatoms. The Morgan fingerprint density at radius 2 is 1.94 bits per heavy atom. The van der Waals surface area contributed by atoms with Crippen LogP contribution in [0.2, 0.25) is 0 Å². The molecule has 0 saturated heterocycles. The normalized spacial score (nSPS) is 25.1. The van der Waals surface area contributed by atoms with Gasteiger partial charge in [0, 0.05) is 11.5 Å². The van der Waals surface area contributed by atoms with Crippen LogP contribution in [0.4, 0.5) is 0 Å². The number of Topliss-reactive ketones (excluding diaryl/α,β-unsaturated/α-hetero) is 1. The van der Waals surface area contributed by atoms with Crippen LogP contribution in [-0.4, -0.2) is 5.78 Å². The zero-order chi connectivity index (χ0) is 11.1. The molecule has 0 radical (unpaired) electrons. The van der Waals surface area contributed by atoms with Gasteiger partial charge in [0.2, 0.25) is 0 Å². The molecule has 1 atom stereocenters. The Bertz CT molecular complexity index is 427. The molecule has 2 aliphatic rings. The van der Waals surface area contributed by atoms with Crippen LogP contribution < -0.4 is 0 Å². The van der Waals surface area contributed by atoms with E-state index in [2.05, 4.69) is 18.2 Å². The number of rotatable bonds is 1. The second kappa shape index (κ2) is 3.73. The SMILES string of the molecule is CC1Cc2cc(C3CCCC3)ccc2C1=O. The quantitative estimate of drug-likeness (QED) is 0.696. The van der Waals surface area contributed by atoms with Crippen molar-refractivity contribution in [3.8, 4) is 0 Å². The molecule has 0 N–H and O–H groups in total. The minimum Gasteiger partial charge on any atom is -0.294 e. The lowest BCUT2D eigenvalue weighted by molar-refractivity contribution is 0.0946. The van der Waals surface area contributed by atoms with Crippen LogP contribution in [0.3, 0.4) is 0 Å². The molecular formula is C15H18O. The zero-order valence-corrected chi connectivity index (χ0v) is 9.83. The van der Waals surface area contributed by atoms with Crippen molar-refractivity contribution in [2.75, 3.05) is 0 Å². The molecule has 1 nitrogen and oxygen atoms in total. The summed E-state index contributed by atoms with van der Waals surface area (Å²) < 4.78 is 0. The van der Waals surface area contributed by atoms with Crippen molar-refractivity contribution in [1.29, 1.82) is 0 Å². The molecular weight excluding hydrogens is 196 g/mol. The molecule has 0 spiro atoms. The van der Waals surface area contributed by atoms with Gasteiger partial charge in [0.15, 0.2) is 5.78 Å². The van der Waals surface area contributed by atoms with Gasteiger partial charge in [-0.3, -0.25) is 4.79 Å². The third kappa shape index (κ3) is 1.50. The molecule has 1 saturated carbocycles. The van der Waals surface area contributed by atoms with Gasteiger partial charge < -0.3 is 0 Å². The van der Waals surface area contributed by atoms with Crippen molar-refractivity contribution in [3.63, 3.8) is 0 Å². The lowest BCUT2D eigenvalue weighted by Gasteiger charge is -2.10. The second-order valence-corrected chi connectivity index (χ2v) is 5.37. The highest BCUT2D eigenvalue weighted by Crippen LogP contribution is 2.36. The van der Waals surface area contributed by atoms with Crippen molar-refractivity contribution in [2.45, 2.75) is 44.9 Å². The molecule has 16 heavy (non-hydrogen) atoms. The maximum atomic E-state index is 11.8. The summed E-state index contributed by atoms with van der Waals surface area (Å²) in [6.45, 7) is 2.04. The molecule has 0 aliphatic heterocycles. The molecule has 2 aliphatic carbocycles. The molecule has 1 unspecified atom stereocenters. The summed E-state index contributed by atoms with van der Waals surface area (Å²) in [5.74, 6) is 1.30. The monoisotopic (exact) mass is 214 g/mol. The zero-order valence-electron chi connectivity index (χ0n) is 9.83. The molecule has 1 fully saturated rings. The van der Waals surface area contributed by atoms with Crippen molar-refractivity contribution in [1.82, 2.24) is 0 Å². The highest BCUT2D eigenvalue weighted by molar-refractivity contribution is 6.02. The number of benzene rings is 1. The second-order valence-electron chi connectivity index (χ2n) is 5.37. The van der Waals surface area contributed by atoms with Gasteiger partial charge in [-0.2, -0.15) is 0 Å². The predicted molar refractivity (Wildman–Crippen MR) is 64.8 cm³/mol. The van der Waals surface area contributed by atoms with Crippen LogP contribution >= 0.6 is 0 Å². The number of ketones is 1. The summed E-state index contributed by atoms with van der Waals surface area (Å²) >= 11 is 0. The minimum absolute atomic E-state index is 0.203. The van der Waals surface area contributed by atoms with Crippen LogP contribution in [0, 0.1) is 5.92 Å². The van der Waals surface area contributed by atoms with Crippen LogP contribution in [-0.2, 0) is 6.42 Å². The van der Waals surface area contributed by atoms with E-state index in [0.29, 0.717) is 5.78 Å². The van der Waals surface area contributed by atoms with Gasteiger partial charge in [0.05, 0.1) is 0 Å². The Morgan fingerprint density at radius 1 is 1.19 bits per heavy atom. The van der Waals surface area contributed by atoms with E-state index >= 15 is 0 Å². The van der Waals surface area contributed by atoms with Crippen LogP contribution in [0.5, 0.6) is 0 Å². The first kappa shape index (κ1) is 10.1. The third-order valence-electron chi connectivity index (χ3n) is 4.20. The maximum Gasteiger partial charge on any atom is 0.166 e. The van der Waals surface area contributed by atoms with E-state index < -0.39 is 0 Å². The van der Waals surface area contributed by atoms with E-state index in [4.69, 9.17) is 0 Å². The van der Waals surface area contributed by atoms with Crippen LogP contribution in [0.1, 0.15) is 60.0 Å². The highest BCUT2D eigenvalue weighted by atomic mass is 16.1. The van der Waals surface area contributed by atoms with E-state index in [0.717, 1.165) is 17.9 Å². The fourth-order valence-electron chi connectivity index (χ4n) is 3.22. The average Bonchev–Trinajstić information content (AvgIpc) is 2.88. The predicted octanol–water partition coefficient (Wildman–Crippen LogP) is 3.72. The minimum atomic E-state index is 0.203. The van der Waals surface area contributed by atoms with Crippen molar-refractivity contribution >= 4 is 5.78 Å². The summed E-state index contributed by atoms with van der Waals surface area (Å²) in [6.07, 6.45) is 6.37. The van der Waals surface area contributed by atoms with Gasteiger partial charge in [0.25, 0.3) is 0 Å². The Balaban J connectivity index is 1.95. The summed E-state index contributed by atoms with van der Waals surface area (Å²) in [5.41, 5.74) is 3.74. The highest BCUT2D eigenvalue weighted by Gasteiger charge is 2.28. The Labute approximate surface area is 96.9 Å². The smallest absolute Gasteiger partial charge is 0.166 e. The average molecular weight is 214 g/mol.